The lowest BCUT2D eigenvalue weighted by Crippen LogP contribution is -2.43. The molecule has 1 amide bonds. The zero-order chi connectivity index (χ0) is 23.9. The van der Waals surface area contributed by atoms with E-state index in [1.807, 2.05) is 51.1 Å². The molecule has 0 fully saturated rings. The molecule has 0 aromatic heterocycles. The number of ether oxygens (including phenoxy) is 2. The second kappa shape index (κ2) is 15.3. The van der Waals surface area contributed by atoms with Crippen LogP contribution >= 0.6 is 0 Å². The average Bonchev–Trinajstić information content (AvgIpc) is 2.76. The van der Waals surface area contributed by atoms with Crippen LogP contribution in [0.15, 0.2) is 30.3 Å². The maximum Gasteiger partial charge on any atom is 0.407 e. The van der Waals surface area contributed by atoms with Crippen LogP contribution in [0, 0.1) is 11.8 Å². The van der Waals surface area contributed by atoms with E-state index in [1.165, 1.54) is 7.11 Å². The summed E-state index contributed by atoms with van der Waals surface area (Å²) in [5.74, 6) is -1.77. The van der Waals surface area contributed by atoms with Gasteiger partial charge in [0, 0.05) is 25.9 Å². The van der Waals surface area contributed by atoms with Crippen LogP contribution in [0.3, 0.4) is 0 Å². The summed E-state index contributed by atoms with van der Waals surface area (Å²) in [7, 11) is 1.50. The monoisotopic (exact) mass is 447 g/mol. The Balaban J connectivity index is 2.90. The smallest absolute Gasteiger partial charge is 0.407 e. The Morgan fingerprint density at radius 2 is 1.72 bits per heavy atom. The van der Waals surface area contributed by atoms with Gasteiger partial charge in [0.05, 0.1) is 12.6 Å². The van der Waals surface area contributed by atoms with Gasteiger partial charge in [0.15, 0.2) is 11.6 Å². The Hall–Kier alpha value is -2.54. The van der Waals surface area contributed by atoms with Crippen LogP contribution in [0.25, 0.3) is 0 Å². The number of carbonyl (C=O) groups is 4. The third-order valence-corrected chi connectivity index (χ3v) is 5.10. The number of rotatable bonds is 16. The lowest BCUT2D eigenvalue weighted by atomic mass is 9.85. The number of nitrogens with one attached hydrogen (secondary N) is 1. The van der Waals surface area contributed by atoms with Gasteiger partial charge >= 0.3 is 6.09 Å². The van der Waals surface area contributed by atoms with Gasteiger partial charge < -0.3 is 14.8 Å². The van der Waals surface area contributed by atoms with E-state index in [-0.39, 0.29) is 37.8 Å². The Bertz CT molecular complexity index is 731. The molecule has 0 aliphatic carbocycles. The van der Waals surface area contributed by atoms with Gasteiger partial charge in [-0.05, 0) is 37.2 Å². The van der Waals surface area contributed by atoms with Crippen LogP contribution in [-0.4, -0.2) is 49.8 Å². The zero-order valence-corrected chi connectivity index (χ0v) is 19.7. The standard InChI is InChI=1S/C25H37NO6/c1-5-9-22(27)24(29)20(13-12-19-10-7-6-8-11-19)17-23(28)21(16-18(2)3)26-25(30)32-15-14-31-4/h6-8,10-11,18,20-21H,5,9,12-17H2,1-4H3,(H,26,30)/t20-,21+/m1/s1. The van der Waals surface area contributed by atoms with Crippen LogP contribution in [0.5, 0.6) is 0 Å². The van der Waals surface area contributed by atoms with Crippen molar-refractivity contribution in [3.05, 3.63) is 35.9 Å². The number of methoxy groups -OCH3 is 1. The third-order valence-electron chi connectivity index (χ3n) is 5.10. The zero-order valence-electron chi connectivity index (χ0n) is 19.7. The van der Waals surface area contributed by atoms with Crippen LogP contribution in [0.2, 0.25) is 0 Å². The highest BCUT2D eigenvalue weighted by Gasteiger charge is 2.30. The van der Waals surface area contributed by atoms with Crippen LogP contribution in [0.4, 0.5) is 4.79 Å². The highest BCUT2D eigenvalue weighted by molar-refractivity contribution is 6.38. The second-order valence-corrected chi connectivity index (χ2v) is 8.38. The molecule has 0 spiro atoms. The molecule has 7 nitrogen and oxygen atoms in total. The summed E-state index contributed by atoms with van der Waals surface area (Å²) in [6, 6.07) is 8.87. The third kappa shape index (κ3) is 10.7. The van der Waals surface area contributed by atoms with Gasteiger partial charge in [0.2, 0.25) is 5.78 Å². The number of hydrogen-bond acceptors (Lipinski definition) is 6. The number of hydrogen-bond donors (Lipinski definition) is 1. The molecule has 32 heavy (non-hydrogen) atoms. The molecule has 0 aliphatic rings. The van der Waals surface area contributed by atoms with E-state index in [9.17, 15) is 19.2 Å². The largest absolute Gasteiger partial charge is 0.447 e. The van der Waals surface area contributed by atoms with E-state index < -0.39 is 29.6 Å². The van der Waals surface area contributed by atoms with E-state index in [2.05, 4.69) is 5.32 Å². The van der Waals surface area contributed by atoms with Crippen molar-refractivity contribution in [2.45, 2.75) is 65.3 Å². The summed E-state index contributed by atoms with van der Waals surface area (Å²) in [6.45, 7) is 6.07. The van der Waals surface area contributed by atoms with E-state index in [4.69, 9.17) is 9.47 Å². The van der Waals surface area contributed by atoms with Crippen molar-refractivity contribution >= 4 is 23.4 Å². The SMILES string of the molecule is CCCC(=O)C(=O)[C@H](CCc1ccccc1)CC(=O)[C@H](CC(C)C)NC(=O)OCCOC. The summed E-state index contributed by atoms with van der Waals surface area (Å²) in [6.07, 6.45) is 1.37. The molecule has 0 heterocycles. The molecule has 0 radical (unpaired) electrons. The predicted molar refractivity (Wildman–Crippen MR) is 122 cm³/mol. The van der Waals surface area contributed by atoms with Crippen LogP contribution in [-0.2, 0) is 30.3 Å². The molecule has 1 N–H and O–H groups in total. The quantitative estimate of drug-likeness (QED) is 0.305. The van der Waals surface area contributed by atoms with E-state index in [0.717, 1.165) is 5.56 Å². The molecule has 1 aromatic rings. The average molecular weight is 448 g/mol. The van der Waals surface area contributed by atoms with Crippen molar-refractivity contribution in [2.75, 3.05) is 20.3 Å². The first-order valence-electron chi connectivity index (χ1n) is 11.3. The van der Waals surface area contributed by atoms with Gasteiger partial charge in [0.25, 0.3) is 0 Å². The number of carbonyl (C=O) groups excluding carboxylic acids is 4. The summed E-state index contributed by atoms with van der Waals surface area (Å²) >= 11 is 0. The first-order valence-corrected chi connectivity index (χ1v) is 11.3. The summed E-state index contributed by atoms with van der Waals surface area (Å²) < 4.78 is 9.88. The fraction of sp³-hybridized carbons (Fsp3) is 0.600. The molecule has 1 rings (SSSR count). The Kier molecular flexibility index (Phi) is 13.1. The highest BCUT2D eigenvalue weighted by atomic mass is 16.6. The van der Waals surface area contributed by atoms with E-state index in [0.29, 0.717) is 25.7 Å². The van der Waals surface area contributed by atoms with Crippen molar-refractivity contribution in [2.24, 2.45) is 11.8 Å². The van der Waals surface area contributed by atoms with Crippen molar-refractivity contribution in [1.82, 2.24) is 5.32 Å². The highest BCUT2D eigenvalue weighted by Crippen LogP contribution is 2.19. The van der Waals surface area contributed by atoms with E-state index in [1.54, 1.807) is 0 Å². The Morgan fingerprint density at radius 1 is 1.03 bits per heavy atom. The minimum Gasteiger partial charge on any atom is -0.447 e. The van der Waals surface area contributed by atoms with Gasteiger partial charge in [-0.25, -0.2) is 4.79 Å². The Labute approximate surface area is 191 Å². The number of benzene rings is 1. The second-order valence-electron chi connectivity index (χ2n) is 8.38. The van der Waals surface area contributed by atoms with Gasteiger partial charge in [-0.1, -0.05) is 51.1 Å². The van der Waals surface area contributed by atoms with Gasteiger partial charge in [-0.2, -0.15) is 0 Å². The van der Waals surface area contributed by atoms with Crippen LogP contribution < -0.4 is 5.32 Å². The molecular weight excluding hydrogens is 410 g/mol. The van der Waals surface area contributed by atoms with Crippen molar-refractivity contribution in [3.8, 4) is 0 Å². The first-order chi connectivity index (χ1) is 15.3. The lowest BCUT2D eigenvalue weighted by Gasteiger charge is -2.22. The molecule has 1 aromatic carbocycles. The van der Waals surface area contributed by atoms with Gasteiger partial charge in [-0.15, -0.1) is 0 Å². The van der Waals surface area contributed by atoms with Gasteiger partial charge in [-0.3, -0.25) is 14.4 Å². The van der Waals surface area contributed by atoms with Gasteiger partial charge in [0.1, 0.15) is 6.61 Å². The summed E-state index contributed by atoms with van der Waals surface area (Å²) in [5, 5.41) is 2.62. The number of alkyl carbamates (subject to hydrolysis) is 1. The van der Waals surface area contributed by atoms with Crippen LogP contribution in [0.1, 0.15) is 58.4 Å². The number of Topliss-reactive ketones (excluding diaryl/α,β-unsaturated/α-hetero) is 3. The molecular formula is C25H37NO6. The summed E-state index contributed by atoms with van der Waals surface area (Å²) in [4.78, 5) is 50.3. The fourth-order valence-corrected chi connectivity index (χ4v) is 3.42. The number of ketones is 3. The van der Waals surface area contributed by atoms with Crippen molar-refractivity contribution in [1.29, 1.82) is 0 Å². The lowest BCUT2D eigenvalue weighted by molar-refractivity contribution is -0.140. The maximum atomic E-state index is 13.1. The number of amides is 1. The molecule has 0 bridgehead atoms. The molecule has 0 saturated heterocycles. The first kappa shape index (κ1) is 27.5. The normalized spacial score (nSPS) is 12.8. The topological polar surface area (TPSA) is 98.8 Å². The maximum absolute atomic E-state index is 13.1. The predicted octanol–water partition coefficient (Wildman–Crippen LogP) is 3.92. The van der Waals surface area contributed by atoms with Crippen molar-refractivity contribution < 1.29 is 28.7 Å². The minimum absolute atomic E-state index is 0.0780. The number of aryl methyl sites for hydroxylation is 1. The molecule has 178 valence electrons. The Morgan fingerprint density at radius 3 is 2.31 bits per heavy atom. The summed E-state index contributed by atoms with van der Waals surface area (Å²) in [5.41, 5.74) is 1.04. The molecule has 0 aliphatic heterocycles. The molecule has 7 heteroatoms. The van der Waals surface area contributed by atoms with E-state index >= 15 is 0 Å². The minimum atomic E-state index is -0.779. The molecule has 0 saturated carbocycles. The fourth-order valence-electron chi connectivity index (χ4n) is 3.42. The van der Waals surface area contributed by atoms with Crippen molar-refractivity contribution in [3.63, 3.8) is 0 Å². The molecule has 0 unspecified atom stereocenters. The molecule has 2 atom stereocenters.